The van der Waals surface area contributed by atoms with Gasteiger partial charge in [-0.05, 0) is 49.3 Å². The maximum absolute atomic E-state index is 14.2. The third-order valence-corrected chi connectivity index (χ3v) is 4.34. The van der Waals surface area contributed by atoms with Crippen LogP contribution in [0.2, 0.25) is 0 Å². The summed E-state index contributed by atoms with van der Waals surface area (Å²) in [7, 11) is 0. The molecule has 4 rings (SSSR count). The predicted molar refractivity (Wildman–Crippen MR) is 75.4 cm³/mol. The van der Waals surface area contributed by atoms with Crippen LogP contribution in [-0.4, -0.2) is 15.6 Å². The van der Waals surface area contributed by atoms with Crippen molar-refractivity contribution in [2.75, 3.05) is 0 Å². The number of carbonyl (C=O) groups is 1. The van der Waals surface area contributed by atoms with Gasteiger partial charge in [0.2, 0.25) is 5.43 Å². The number of aromatic carboxylic acids is 1. The third kappa shape index (κ3) is 1.95. The van der Waals surface area contributed by atoms with E-state index in [9.17, 15) is 14.0 Å². The van der Waals surface area contributed by atoms with Gasteiger partial charge in [-0.2, -0.15) is 0 Å². The molecule has 2 fully saturated rings. The lowest BCUT2D eigenvalue weighted by Crippen LogP contribution is -2.19. The zero-order valence-electron chi connectivity index (χ0n) is 11.3. The van der Waals surface area contributed by atoms with Gasteiger partial charge in [0.25, 0.3) is 0 Å². The van der Waals surface area contributed by atoms with Crippen LogP contribution in [0.1, 0.15) is 53.6 Å². The number of halogens is 1. The van der Waals surface area contributed by atoms with Crippen LogP contribution in [0.15, 0.2) is 23.1 Å². The quantitative estimate of drug-likeness (QED) is 0.943. The molecular formula is C16H14FNO3. The molecule has 2 saturated carbocycles. The number of carboxylic acids is 1. The van der Waals surface area contributed by atoms with Gasteiger partial charge in [-0.1, -0.05) is 0 Å². The molecule has 2 aliphatic carbocycles. The molecule has 4 nitrogen and oxygen atoms in total. The minimum Gasteiger partial charge on any atom is -0.477 e. The Labute approximate surface area is 119 Å². The fourth-order valence-corrected chi connectivity index (χ4v) is 2.90. The molecule has 21 heavy (non-hydrogen) atoms. The van der Waals surface area contributed by atoms with Gasteiger partial charge in [0.1, 0.15) is 11.4 Å². The number of aromatic nitrogens is 1. The molecule has 1 aromatic carbocycles. The lowest BCUT2D eigenvalue weighted by atomic mass is 10.0. The Bertz CT molecular complexity index is 832. The lowest BCUT2D eigenvalue weighted by Gasteiger charge is -2.13. The van der Waals surface area contributed by atoms with Crippen LogP contribution in [0, 0.1) is 5.82 Å². The van der Waals surface area contributed by atoms with Gasteiger partial charge in [0.05, 0.1) is 5.52 Å². The summed E-state index contributed by atoms with van der Waals surface area (Å²) in [6, 6.07) is 3.19. The van der Waals surface area contributed by atoms with Crippen LogP contribution >= 0.6 is 0 Å². The summed E-state index contributed by atoms with van der Waals surface area (Å²) in [5.41, 5.74) is 0.429. The highest BCUT2D eigenvalue weighted by Crippen LogP contribution is 2.43. The van der Waals surface area contributed by atoms with E-state index >= 15 is 0 Å². The average Bonchev–Trinajstić information content (AvgIpc) is 3.31. The van der Waals surface area contributed by atoms with E-state index in [1.54, 1.807) is 6.07 Å². The monoisotopic (exact) mass is 287 g/mol. The van der Waals surface area contributed by atoms with Crippen molar-refractivity contribution in [3.8, 4) is 0 Å². The summed E-state index contributed by atoms with van der Waals surface area (Å²) in [4.78, 5) is 23.5. The van der Waals surface area contributed by atoms with Crippen molar-refractivity contribution in [1.82, 2.24) is 4.57 Å². The largest absolute Gasteiger partial charge is 0.477 e. The van der Waals surface area contributed by atoms with Crippen LogP contribution in [0.4, 0.5) is 4.39 Å². The lowest BCUT2D eigenvalue weighted by molar-refractivity contribution is 0.0695. The van der Waals surface area contributed by atoms with Crippen molar-refractivity contribution in [2.45, 2.75) is 37.6 Å². The number of rotatable bonds is 3. The van der Waals surface area contributed by atoms with Gasteiger partial charge >= 0.3 is 5.97 Å². The number of fused-ring (bicyclic) bond motifs is 1. The molecule has 0 aliphatic heterocycles. The molecule has 1 N–H and O–H groups in total. The van der Waals surface area contributed by atoms with E-state index in [0.29, 0.717) is 11.1 Å². The predicted octanol–water partition coefficient (Wildman–Crippen LogP) is 3.05. The molecule has 0 amide bonds. The van der Waals surface area contributed by atoms with Gasteiger partial charge in [0.15, 0.2) is 0 Å². The fourth-order valence-electron chi connectivity index (χ4n) is 2.90. The topological polar surface area (TPSA) is 59.3 Å². The molecule has 108 valence electrons. The maximum atomic E-state index is 14.2. The van der Waals surface area contributed by atoms with Gasteiger partial charge in [-0.15, -0.1) is 0 Å². The second-order valence-electron chi connectivity index (χ2n) is 5.98. The molecule has 0 spiro atoms. The average molecular weight is 287 g/mol. The Morgan fingerprint density at radius 1 is 1.24 bits per heavy atom. The van der Waals surface area contributed by atoms with Crippen molar-refractivity contribution in [3.63, 3.8) is 0 Å². The number of nitrogens with zero attached hydrogens (tertiary/aromatic N) is 1. The van der Waals surface area contributed by atoms with Crippen LogP contribution < -0.4 is 5.43 Å². The summed E-state index contributed by atoms with van der Waals surface area (Å²) >= 11 is 0. The van der Waals surface area contributed by atoms with E-state index in [1.165, 1.54) is 12.3 Å². The Kier molecular flexibility index (Phi) is 2.49. The molecule has 0 saturated heterocycles. The molecule has 1 aromatic heterocycles. The standard InChI is InChI=1S/C16H14FNO3/c17-13-5-11-14(6-10(13)8-1-2-8)18(9-3-4-9)7-12(15(11)19)16(20)21/h5-9H,1-4H2,(H,20,21). The zero-order valence-corrected chi connectivity index (χ0v) is 11.3. The normalized spacial score (nSPS) is 18.1. The highest BCUT2D eigenvalue weighted by molar-refractivity contribution is 5.92. The summed E-state index contributed by atoms with van der Waals surface area (Å²) in [5.74, 6) is -1.41. The molecular weight excluding hydrogens is 273 g/mol. The molecule has 2 aliphatic rings. The highest BCUT2D eigenvalue weighted by Gasteiger charge is 2.30. The second kappa shape index (κ2) is 4.16. The number of carboxylic acid groups (broad SMARTS) is 1. The maximum Gasteiger partial charge on any atom is 0.341 e. The minimum absolute atomic E-state index is 0.170. The zero-order chi connectivity index (χ0) is 14.7. The second-order valence-corrected chi connectivity index (χ2v) is 5.98. The summed E-state index contributed by atoms with van der Waals surface area (Å²) in [6.45, 7) is 0. The minimum atomic E-state index is -1.26. The molecule has 0 unspecified atom stereocenters. The van der Waals surface area contributed by atoms with Crippen molar-refractivity contribution in [2.24, 2.45) is 0 Å². The van der Waals surface area contributed by atoms with Crippen molar-refractivity contribution in [1.29, 1.82) is 0 Å². The Hall–Kier alpha value is -2.17. The van der Waals surface area contributed by atoms with E-state index in [2.05, 4.69) is 0 Å². The number of benzene rings is 1. The van der Waals surface area contributed by atoms with E-state index < -0.39 is 17.2 Å². The van der Waals surface area contributed by atoms with Crippen LogP contribution in [-0.2, 0) is 0 Å². The fraction of sp³-hybridized carbons (Fsp3) is 0.375. The van der Waals surface area contributed by atoms with E-state index in [4.69, 9.17) is 5.11 Å². The summed E-state index contributed by atoms with van der Waals surface area (Å²) in [5, 5.41) is 9.34. The molecule has 0 atom stereocenters. The van der Waals surface area contributed by atoms with Gasteiger partial charge < -0.3 is 9.67 Å². The highest BCUT2D eigenvalue weighted by atomic mass is 19.1. The SMILES string of the molecule is O=C(O)c1cn(C2CC2)c2cc(C3CC3)c(F)cc2c1=O. The first-order valence-corrected chi connectivity index (χ1v) is 7.18. The summed E-state index contributed by atoms with van der Waals surface area (Å²) in [6.07, 6.45) is 5.30. The van der Waals surface area contributed by atoms with Crippen LogP contribution in [0.25, 0.3) is 10.9 Å². The number of hydrogen-bond donors (Lipinski definition) is 1. The molecule has 0 bridgehead atoms. The Morgan fingerprint density at radius 3 is 2.52 bits per heavy atom. The van der Waals surface area contributed by atoms with Crippen molar-refractivity contribution in [3.05, 3.63) is 45.5 Å². The van der Waals surface area contributed by atoms with Crippen molar-refractivity contribution >= 4 is 16.9 Å². The van der Waals surface area contributed by atoms with Crippen LogP contribution in [0.5, 0.6) is 0 Å². The first-order valence-electron chi connectivity index (χ1n) is 7.18. The van der Waals surface area contributed by atoms with Crippen molar-refractivity contribution < 1.29 is 14.3 Å². The number of pyridine rings is 1. The molecule has 0 radical (unpaired) electrons. The van der Waals surface area contributed by atoms with E-state index in [0.717, 1.165) is 25.7 Å². The molecule has 5 heteroatoms. The van der Waals surface area contributed by atoms with E-state index in [-0.39, 0.29) is 22.9 Å². The van der Waals surface area contributed by atoms with Gasteiger partial charge in [-0.3, -0.25) is 4.79 Å². The molecule has 2 aromatic rings. The Balaban J connectivity index is 2.07. The van der Waals surface area contributed by atoms with Gasteiger partial charge in [-0.25, -0.2) is 9.18 Å². The first kappa shape index (κ1) is 12.6. The third-order valence-electron chi connectivity index (χ3n) is 4.34. The van der Waals surface area contributed by atoms with Crippen LogP contribution in [0.3, 0.4) is 0 Å². The molecule has 1 heterocycles. The first-order chi connectivity index (χ1) is 10.1. The summed E-state index contributed by atoms with van der Waals surface area (Å²) < 4.78 is 16.0. The Morgan fingerprint density at radius 2 is 1.95 bits per heavy atom. The smallest absolute Gasteiger partial charge is 0.341 e. The number of hydrogen-bond acceptors (Lipinski definition) is 2. The van der Waals surface area contributed by atoms with E-state index in [1.807, 2.05) is 4.57 Å². The van der Waals surface area contributed by atoms with Gasteiger partial charge in [0, 0.05) is 17.6 Å².